The Morgan fingerprint density at radius 2 is 1.32 bits per heavy atom. The molecule has 0 aliphatic carbocycles. The molecule has 2 aromatic rings. The van der Waals surface area contributed by atoms with Gasteiger partial charge in [-0.25, -0.2) is 4.70 Å². The second-order valence-corrected chi connectivity index (χ2v) is 10.8. The van der Waals surface area contributed by atoms with Crippen LogP contribution in [0.3, 0.4) is 0 Å². The Bertz CT molecular complexity index is 1140. The summed E-state index contributed by atoms with van der Waals surface area (Å²) in [5.74, 6) is 6.81. The molecule has 0 amide bonds. The van der Waals surface area contributed by atoms with Crippen molar-refractivity contribution >= 4 is 11.4 Å². The smallest absolute Gasteiger partial charge is 0.210 e. The first-order valence-electron chi connectivity index (χ1n) is 15.2. The average molecular weight is 509 g/mol. The van der Waals surface area contributed by atoms with Crippen LogP contribution in [0.5, 0.6) is 0 Å². The minimum atomic E-state index is 0.855. The van der Waals surface area contributed by atoms with Crippen LogP contribution in [0.25, 0.3) is 16.9 Å². The molecule has 2 nitrogen and oxygen atoms in total. The van der Waals surface area contributed by atoms with E-state index in [1.165, 1.54) is 79.2 Å². The van der Waals surface area contributed by atoms with Crippen molar-refractivity contribution in [1.29, 1.82) is 0 Å². The molecule has 202 valence electrons. The Morgan fingerprint density at radius 1 is 0.684 bits per heavy atom. The number of hydrogen-bond acceptors (Lipinski definition) is 0. The van der Waals surface area contributed by atoms with Crippen molar-refractivity contribution in [2.24, 2.45) is 0 Å². The maximum Gasteiger partial charge on any atom is 0.210 e. The van der Waals surface area contributed by atoms with Crippen molar-refractivity contribution in [3.05, 3.63) is 88.0 Å². The second kappa shape index (κ2) is 16.8. The minimum Gasteiger partial charge on any atom is -0.493 e. The van der Waals surface area contributed by atoms with Crippen molar-refractivity contribution in [3.8, 4) is 11.8 Å². The maximum absolute atomic E-state index is 11.4. The number of benzene rings is 2. The quantitative estimate of drug-likeness (QED) is 0.122. The fourth-order valence-electron chi connectivity index (χ4n) is 5.21. The first kappa shape index (κ1) is 29.6. The van der Waals surface area contributed by atoms with Crippen molar-refractivity contribution in [2.45, 2.75) is 117 Å². The molecule has 2 heteroatoms. The molecule has 0 N–H and O–H groups in total. The van der Waals surface area contributed by atoms with Gasteiger partial charge in [0.2, 0.25) is 11.4 Å². The minimum absolute atomic E-state index is 0.855. The number of hydrogen-bond donors (Lipinski definition) is 0. The van der Waals surface area contributed by atoms with E-state index >= 15 is 0 Å². The third-order valence-corrected chi connectivity index (χ3v) is 7.52. The van der Waals surface area contributed by atoms with Gasteiger partial charge in [0.1, 0.15) is 0 Å². The zero-order valence-corrected chi connectivity index (χ0v) is 24.2. The van der Waals surface area contributed by atoms with Crippen molar-refractivity contribution in [2.75, 3.05) is 0 Å². The highest BCUT2D eigenvalue weighted by atomic mass is 15.2. The summed E-state index contributed by atoms with van der Waals surface area (Å²) < 4.78 is 1.42. The van der Waals surface area contributed by atoms with Gasteiger partial charge < -0.3 is 5.53 Å². The third-order valence-electron chi connectivity index (χ3n) is 7.52. The van der Waals surface area contributed by atoms with Gasteiger partial charge in [-0.2, -0.15) is 0 Å². The molecule has 0 bridgehead atoms. The molecule has 3 rings (SSSR count). The first-order valence-corrected chi connectivity index (χ1v) is 15.2. The highest BCUT2D eigenvalue weighted by Gasteiger charge is 2.29. The van der Waals surface area contributed by atoms with E-state index in [-0.39, 0.29) is 0 Å². The van der Waals surface area contributed by atoms with E-state index in [2.05, 4.69) is 87.2 Å². The van der Waals surface area contributed by atoms with Crippen LogP contribution in [0, 0.1) is 18.8 Å². The molecule has 2 aromatic carbocycles. The molecule has 1 aliphatic rings. The summed E-state index contributed by atoms with van der Waals surface area (Å²) in [6, 6.07) is 16.9. The number of aryl methyl sites for hydroxylation is 2. The van der Waals surface area contributed by atoms with Crippen LogP contribution >= 0.6 is 0 Å². The normalized spacial score (nSPS) is 13.0. The van der Waals surface area contributed by atoms with Gasteiger partial charge in [0.05, 0.1) is 0 Å². The van der Waals surface area contributed by atoms with Gasteiger partial charge in [0, 0.05) is 35.6 Å². The molecule has 0 atom stereocenters. The first-order chi connectivity index (χ1) is 18.7. The fraction of sp³-hybridized carbons (Fsp3) is 0.500. The number of unbranched alkanes of at least 4 members (excludes halogenated alkanes) is 10. The third kappa shape index (κ3) is 9.13. The Hall–Kier alpha value is -2.92. The molecule has 0 aromatic heterocycles. The van der Waals surface area contributed by atoms with E-state index in [9.17, 15) is 5.53 Å². The van der Waals surface area contributed by atoms with Crippen molar-refractivity contribution < 1.29 is 4.70 Å². The molecular formula is C36H48N2. The lowest BCUT2D eigenvalue weighted by Crippen LogP contribution is -2.04. The summed E-state index contributed by atoms with van der Waals surface area (Å²) in [6.45, 7) is 6.59. The zero-order valence-electron chi connectivity index (χ0n) is 24.2. The SMILES string of the molecule is CCCCCCCCCCCC#CCCc1ccccc1C1=CC(CCCC)=C(c2ccc(C)cc2)[N+]1=[N-]. The van der Waals surface area contributed by atoms with Gasteiger partial charge in [-0.1, -0.05) is 108 Å². The fourth-order valence-corrected chi connectivity index (χ4v) is 5.21. The van der Waals surface area contributed by atoms with E-state index in [0.717, 1.165) is 61.0 Å². The predicted octanol–water partition coefficient (Wildman–Crippen LogP) is 10.8. The molecule has 0 saturated carbocycles. The van der Waals surface area contributed by atoms with Crippen LogP contribution in [0.15, 0.2) is 60.2 Å². The van der Waals surface area contributed by atoms with Crippen LogP contribution in [-0.2, 0) is 6.42 Å². The van der Waals surface area contributed by atoms with Crippen molar-refractivity contribution in [3.63, 3.8) is 0 Å². The molecule has 1 heterocycles. The topological polar surface area (TPSA) is 25.3 Å². The predicted molar refractivity (Wildman–Crippen MR) is 164 cm³/mol. The largest absolute Gasteiger partial charge is 0.493 e. The van der Waals surface area contributed by atoms with E-state index < -0.39 is 0 Å². The molecule has 0 spiro atoms. The van der Waals surface area contributed by atoms with Gasteiger partial charge in [-0.15, -0.1) is 11.8 Å². The summed E-state index contributed by atoms with van der Waals surface area (Å²) >= 11 is 0. The van der Waals surface area contributed by atoms with Gasteiger partial charge in [-0.05, 0) is 56.4 Å². The van der Waals surface area contributed by atoms with Gasteiger partial charge in [0.15, 0.2) is 0 Å². The monoisotopic (exact) mass is 508 g/mol. The average Bonchev–Trinajstić information content (AvgIpc) is 3.26. The van der Waals surface area contributed by atoms with Crippen molar-refractivity contribution in [1.82, 2.24) is 0 Å². The Morgan fingerprint density at radius 3 is 2.03 bits per heavy atom. The second-order valence-electron chi connectivity index (χ2n) is 10.8. The summed E-state index contributed by atoms with van der Waals surface area (Å²) in [7, 11) is 0. The Kier molecular flexibility index (Phi) is 13.1. The van der Waals surface area contributed by atoms with E-state index in [4.69, 9.17) is 0 Å². The molecule has 0 radical (unpaired) electrons. The highest BCUT2D eigenvalue weighted by molar-refractivity contribution is 5.79. The molecule has 38 heavy (non-hydrogen) atoms. The van der Waals surface area contributed by atoms with E-state index in [1.807, 2.05) is 0 Å². The van der Waals surface area contributed by atoms with Crippen LogP contribution in [0.2, 0.25) is 0 Å². The summed E-state index contributed by atoms with van der Waals surface area (Å²) in [6.07, 6.45) is 20.4. The zero-order chi connectivity index (χ0) is 27.0. The summed E-state index contributed by atoms with van der Waals surface area (Å²) in [5.41, 5.74) is 19.0. The summed E-state index contributed by atoms with van der Waals surface area (Å²) in [4.78, 5) is 0. The van der Waals surface area contributed by atoms with Gasteiger partial charge in [0.25, 0.3) is 0 Å². The Labute approximate surface area is 232 Å². The van der Waals surface area contributed by atoms with Crippen LogP contribution in [-0.4, -0.2) is 4.70 Å². The highest BCUT2D eigenvalue weighted by Crippen LogP contribution is 2.38. The lowest BCUT2D eigenvalue weighted by molar-refractivity contribution is -0.344. The van der Waals surface area contributed by atoms with E-state index in [1.54, 1.807) is 0 Å². The lowest BCUT2D eigenvalue weighted by Gasteiger charge is -2.12. The lowest BCUT2D eigenvalue weighted by atomic mass is 9.99. The van der Waals surface area contributed by atoms with Crippen LogP contribution in [0.4, 0.5) is 0 Å². The summed E-state index contributed by atoms with van der Waals surface area (Å²) in [5, 5.41) is 0. The molecule has 1 aliphatic heterocycles. The molecule has 0 saturated heterocycles. The van der Waals surface area contributed by atoms with Crippen LogP contribution in [0.1, 0.15) is 126 Å². The standard InChI is InChI=1S/C36H48N2/c1-4-6-8-9-10-11-12-13-14-15-16-17-18-22-31-23-19-20-24-34(31)35-29-33(21-7-5-2)36(38(35)37)32-27-25-30(3)26-28-32/h19-20,23-29H,4-15,18,21-22H2,1-3H3. The van der Waals surface area contributed by atoms with Crippen LogP contribution < -0.4 is 0 Å². The molecular weight excluding hydrogens is 460 g/mol. The number of allylic oxidation sites excluding steroid dienone is 2. The number of nitrogens with zero attached hydrogens (tertiary/aromatic N) is 2. The molecule has 0 unspecified atom stereocenters. The Balaban J connectivity index is 1.55. The number of rotatable bonds is 16. The van der Waals surface area contributed by atoms with Gasteiger partial charge >= 0.3 is 0 Å². The van der Waals surface area contributed by atoms with E-state index in [0.29, 0.717) is 0 Å². The molecule has 0 fully saturated rings. The maximum atomic E-state index is 11.4. The van der Waals surface area contributed by atoms with Gasteiger partial charge in [-0.3, -0.25) is 0 Å².